The van der Waals surface area contributed by atoms with Gasteiger partial charge in [0, 0.05) is 20.3 Å². The zero-order valence-corrected chi connectivity index (χ0v) is 10.9. The summed E-state index contributed by atoms with van der Waals surface area (Å²) in [5.41, 5.74) is 2.43. The summed E-state index contributed by atoms with van der Waals surface area (Å²) in [7, 11) is 3.30. The van der Waals surface area contributed by atoms with E-state index in [9.17, 15) is 9.59 Å². The number of hydrogen-bond acceptors (Lipinski definition) is 4. The van der Waals surface area contributed by atoms with Crippen LogP contribution in [0.1, 0.15) is 36.3 Å². The number of nitrogens with one attached hydrogen (secondary N) is 1. The molecule has 1 unspecified atom stereocenters. The average molecular weight is 253 g/mol. The first-order chi connectivity index (χ1) is 8.51. The van der Waals surface area contributed by atoms with Gasteiger partial charge in [0.05, 0.1) is 0 Å². The summed E-state index contributed by atoms with van der Waals surface area (Å²) in [4.78, 5) is 24.8. The van der Waals surface area contributed by atoms with Crippen LogP contribution in [0.15, 0.2) is 12.3 Å². The number of nitrogens with zero attached hydrogens (tertiary/aromatic N) is 3. The van der Waals surface area contributed by atoms with Crippen LogP contribution in [0.4, 0.5) is 0 Å². The fourth-order valence-electron chi connectivity index (χ4n) is 1.61. The highest BCUT2D eigenvalue weighted by Gasteiger charge is 2.21. The van der Waals surface area contributed by atoms with E-state index >= 15 is 0 Å². The molecule has 2 amide bonds. The Balaban J connectivity index is 2.94. The Kier molecular flexibility index (Phi) is 4.85. The van der Waals surface area contributed by atoms with E-state index in [0.29, 0.717) is 12.1 Å². The van der Waals surface area contributed by atoms with E-state index in [-0.39, 0.29) is 11.8 Å². The molecule has 0 saturated carbocycles. The van der Waals surface area contributed by atoms with Gasteiger partial charge in [-0.1, -0.05) is 13.3 Å². The fourth-order valence-corrected chi connectivity index (χ4v) is 1.61. The molecule has 1 heterocycles. The first kappa shape index (κ1) is 14.2. The largest absolute Gasteiger partial charge is 0.343 e. The van der Waals surface area contributed by atoms with Crippen LogP contribution in [0, 0.1) is 0 Å². The van der Waals surface area contributed by atoms with Crippen molar-refractivity contribution < 1.29 is 9.59 Å². The van der Waals surface area contributed by atoms with Crippen LogP contribution in [-0.2, 0) is 4.79 Å². The number of hydrazine groups is 1. The van der Waals surface area contributed by atoms with Gasteiger partial charge in [-0.15, -0.1) is 0 Å². The third-order valence-electron chi connectivity index (χ3n) is 2.56. The molecule has 7 nitrogen and oxygen atoms in total. The van der Waals surface area contributed by atoms with E-state index in [1.807, 2.05) is 6.92 Å². The van der Waals surface area contributed by atoms with Gasteiger partial charge in [-0.25, -0.2) is 5.84 Å². The molecule has 100 valence electrons. The molecule has 18 heavy (non-hydrogen) atoms. The molecule has 0 aliphatic carbocycles. The highest BCUT2D eigenvalue weighted by Crippen LogP contribution is 2.13. The zero-order valence-electron chi connectivity index (χ0n) is 10.9. The Bertz CT molecular complexity index is 427. The Morgan fingerprint density at radius 3 is 2.72 bits per heavy atom. The molecule has 0 saturated heterocycles. The van der Waals surface area contributed by atoms with Crippen LogP contribution >= 0.6 is 0 Å². The predicted molar refractivity (Wildman–Crippen MR) is 66.5 cm³/mol. The zero-order chi connectivity index (χ0) is 13.7. The van der Waals surface area contributed by atoms with Gasteiger partial charge in [0.25, 0.3) is 11.8 Å². The van der Waals surface area contributed by atoms with Gasteiger partial charge in [-0.2, -0.15) is 5.10 Å². The lowest BCUT2D eigenvalue weighted by atomic mass is 10.1. The van der Waals surface area contributed by atoms with Gasteiger partial charge in [0.1, 0.15) is 11.7 Å². The molecule has 1 aromatic rings. The molecular formula is C11H19N5O2. The summed E-state index contributed by atoms with van der Waals surface area (Å²) in [6.45, 7) is 1.96. The predicted octanol–water partition coefficient (Wildman–Crippen LogP) is -0.0840. The van der Waals surface area contributed by atoms with Crippen molar-refractivity contribution in [2.24, 2.45) is 5.84 Å². The molecule has 0 fully saturated rings. The van der Waals surface area contributed by atoms with E-state index in [0.717, 1.165) is 6.42 Å². The molecule has 0 bridgehead atoms. The molecule has 0 aliphatic heterocycles. The Hall–Kier alpha value is -1.89. The minimum atomic E-state index is -0.483. The SMILES string of the molecule is CCCC(C(=O)NN)n1ccc(C(=O)N(C)C)n1. The van der Waals surface area contributed by atoms with Gasteiger partial charge >= 0.3 is 0 Å². The van der Waals surface area contributed by atoms with E-state index in [1.165, 1.54) is 9.58 Å². The number of hydrogen-bond donors (Lipinski definition) is 2. The third-order valence-corrected chi connectivity index (χ3v) is 2.56. The highest BCUT2D eigenvalue weighted by molar-refractivity contribution is 5.91. The quantitative estimate of drug-likeness (QED) is 0.436. The molecule has 0 aromatic carbocycles. The van der Waals surface area contributed by atoms with Crippen LogP contribution in [-0.4, -0.2) is 40.6 Å². The van der Waals surface area contributed by atoms with Crippen molar-refractivity contribution in [3.8, 4) is 0 Å². The number of amides is 2. The number of nitrogens with two attached hydrogens (primary N) is 1. The number of aromatic nitrogens is 2. The Morgan fingerprint density at radius 1 is 1.56 bits per heavy atom. The standard InChI is InChI=1S/C11H19N5O2/c1-4-5-9(10(17)13-12)16-7-6-8(14-16)11(18)15(2)3/h6-7,9H,4-5,12H2,1-3H3,(H,13,17). The summed E-state index contributed by atoms with van der Waals surface area (Å²) in [5.74, 6) is 4.63. The van der Waals surface area contributed by atoms with Gasteiger partial charge in [0.2, 0.25) is 0 Å². The maximum Gasteiger partial charge on any atom is 0.273 e. The van der Waals surface area contributed by atoms with Crippen molar-refractivity contribution in [3.63, 3.8) is 0 Å². The summed E-state index contributed by atoms with van der Waals surface area (Å²) >= 11 is 0. The Morgan fingerprint density at radius 2 is 2.22 bits per heavy atom. The summed E-state index contributed by atoms with van der Waals surface area (Å²) < 4.78 is 1.47. The average Bonchev–Trinajstić information content (AvgIpc) is 2.83. The van der Waals surface area contributed by atoms with Crippen LogP contribution in [0.5, 0.6) is 0 Å². The second-order valence-electron chi connectivity index (χ2n) is 4.19. The van der Waals surface area contributed by atoms with Crippen LogP contribution < -0.4 is 11.3 Å². The first-order valence-corrected chi connectivity index (χ1v) is 5.78. The summed E-state index contributed by atoms with van der Waals surface area (Å²) in [6.07, 6.45) is 3.04. The van der Waals surface area contributed by atoms with Crippen molar-refractivity contribution in [1.29, 1.82) is 0 Å². The molecule has 0 spiro atoms. The number of carbonyl (C=O) groups is 2. The minimum Gasteiger partial charge on any atom is -0.343 e. The summed E-state index contributed by atoms with van der Waals surface area (Å²) in [5, 5.41) is 4.13. The van der Waals surface area contributed by atoms with Crippen molar-refractivity contribution >= 4 is 11.8 Å². The van der Waals surface area contributed by atoms with E-state index < -0.39 is 6.04 Å². The maximum atomic E-state index is 11.7. The molecule has 0 radical (unpaired) electrons. The fraction of sp³-hybridized carbons (Fsp3) is 0.545. The minimum absolute atomic E-state index is 0.197. The van der Waals surface area contributed by atoms with Crippen LogP contribution in [0.25, 0.3) is 0 Å². The van der Waals surface area contributed by atoms with E-state index in [2.05, 4.69) is 10.5 Å². The lowest BCUT2D eigenvalue weighted by molar-refractivity contribution is -0.124. The molecule has 1 aromatic heterocycles. The second kappa shape index (κ2) is 6.15. The molecule has 3 N–H and O–H groups in total. The van der Waals surface area contributed by atoms with E-state index in [4.69, 9.17) is 5.84 Å². The van der Waals surface area contributed by atoms with Crippen molar-refractivity contribution in [1.82, 2.24) is 20.1 Å². The van der Waals surface area contributed by atoms with Gasteiger partial charge in [-0.05, 0) is 12.5 Å². The lowest BCUT2D eigenvalue weighted by Crippen LogP contribution is -2.37. The number of rotatable bonds is 5. The van der Waals surface area contributed by atoms with Crippen LogP contribution in [0.3, 0.4) is 0 Å². The first-order valence-electron chi connectivity index (χ1n) is 5.78. The Labute approximate surface area is 106 Å². The molecule has 7 heteroatoms. The van der Waals surface area contributed by atoms with Gasteiger partial charge in [0.15, 0.2) is 0 Å². The molecule has 0 aliphatic rings. The maximum absolute atomic E-state index is 11.7. The van der Waals surface area contributed by atoms with Crippen LogP contribution in [0.2, 0.25) is 0 Å². The third kappa shape index (κ3) is 3.07. The normalized spacial score (nSPS) is 12.0. The molecular weight excluding hydrogens is 234 g/mol. The second-order valence-corrected chi connectivity index (χ2v) is 4.19. The summed E-state index contributed by atoms with van der Waals surface area (Å²) in [6, 6.07) is 1.11. The number of carbonyl (C=O) groups excluding carboxylic acids is 2. The smallest absolute Gasteiger partial charge is 0.273 e. The lowest BCUT2D eigenvalue weighted by Gasteiger charge is -2.14. The van der Waals surface area contributed by atoms with Crippen molar-refractivity contribution in [2.45, 2.75) is 25.8 Å². The molecule has 1 rings (SSSR count). The highest BCUT2D eigenvalue weighted by atomic mass is 16.2. The van der Waals surface area contributed by atoms with Crippen molar-refractivity contribution in [3.05, 3.63) is 18.0 Å². The topological polar surface area (TPSA) is 93.2 Å². The van der Waals surface area contributed by atoms with Gasteiger partial charge in [-0.3, -0.25) is 19.7 Å². The monoisotopic (exact) mass is 253 g/mol. The van der Waals surface area contributed by atoms with Crippen molar-refractivity contribution in [2.75, 3.05) is 14.1 Å². The molecule has 1 atom stereocenters. The van der Waals surface area contributed by atoms with E-state index in [1.54, 1.807) is 26.4 Å². The van der Waals surface area contributed by atoms with Gasteiger partial charge < -0.3 is 4.90 Å².